The van der Waals surface area contributed by atoms with Crippen LogP contribution in [0.2, 0.25) is 0 Å². The van der Waals surface area contributed by atoms with Gasteiger partial charge in [-0.05, 0) is 30.9 Å². The van der Waals surface area contributed by atoms with E-state index in [9.17, 15) is 4.79 Å². The second kappa shape index (κ2) is 5.89. The highest BCUT2D eigenvalue weighted by atomic mass is 16.5. The van der Waals surface area contributed by atoms with Crippen LogP contribution in [0.1, 0.15) is 43.0 Å². The fourth-order valence-corrected chi connectivity index (χ4v) is 2.61. The van der Waals surface area contributed by atoms with E-state index in [0.717, 1.165) is 6.42 Å². The second-order valence-corrected chi connectivity index (χ2v) is 5.04. The molecule has 0 unspecified atom stereocenters. The van der Waals surface area contributed by atoms with Crippen LogP contribution in [0.25, 0.3) is 0 Å². The average molecular weight is 247 g/mol. The van der Waals surface area contributed by atoms with Crippen molar-refractivity contribution in [1.29, 1.82) is 0 Å². The molecule has 2 atom stereocenters. The maximum Gasteiger partial charge on any atom is 0.255 e. The predicted molar refractivity (Wildman–Crippen MR) is 71.9 cm³/mol. The van der Waals surface area contributed by atoms with Crippen LogP contribution in [-0.4, -0.2) is 19.1 Å². The molecule has 1 fully saturated rings. The highest BCUT2D eigenvalue weighted by Crippen LogP contribution is 2.25. The third-order valence-electron chi connectivity index (χ3n) is 3.78. The number of hydrogen-bond acceptors (Lipinski definition) is 2. The first-order valence-electron chi connectivity index (χ1n) is 6.66. The Morgan fingerprint density at radius 3 is 2.72 bits per heavy atom. The number of hydrogen-bond donors (Lipinski definition) is 1. The third-order valence-corrected chi connectivity index (χ3v) is 3.78. The Hall–Kier alpha value is -1.51. The van der Waals surface area contributed by atoms with Gasteiger partial charge in [-0.15, -0.1) is 0 Å². The second-order valence-electron chi connectivity index (χ2n) is 5.04. The standard InChI is InChI=1S/C15H21NO2/c1-11-7-3-5-9-13(11)16-15(17)12-8-4-6-10-14(12)18-2/h4,6,8,10-11,13H,3,5,7,9H2,1-2H3,(H,16,17)/t11-,13-/m1/s1. The molecular weight excluding hydrogens is 226 g/mol. The summed E-state index contributed by atoms with van der Waals surface area (Å²) >= 11 is 0. The molecule has 0 radical (unpaired) electrons. The Morgan fingerprint density at radius 1 is 1.28 bits per heavy atom. The third kappa shape index (κ3) is 2.84. The minimum absolute atomic E-state index is 0.0220. The highest BCUT2D eigenvalue weighted by molar-refractivity contribution is 5.97. The lowest BCUT2D eigenvalue weighted by Gasteiger charge is -2.29. The summed E-state index contributed by atoms with van der Waals surface area (Å²) in [5.74, 6) is 1.18. The zero-order valence-corrected chi connectivity index (χ0v) is 11.1. The van der Waals surface area contributed by atoms with Gasteiger partial charge in [-0.2, -0.15) is 0 Å². The van der Waals surface area contributed by atoms with E-state index in [0.29, 0.717) is 23.3 Å². The Bertz CT molecular complexity index is 417. The number of para-hydroxylation sites is 1. The Kier molecular flexibility index (Phi) is 4.24. The summed E-state index contributed by atoms with van der Waals surface area (Å²) in [7, 11) is 1.59. The number of amides is 1. The molecule has 1 amide bonds. The molecule has 1 aromatic rings. The van der Waals surface area contributed by atoms with Gasteiger partial charge in [0.05, 0.1) is 12.7 Å². The van der Waals surface area contributed by atoms with E-state index in [4.69, 9.17) is 4.74 Å². The maximum absolute atomic E-state index is 12.2. The SMILES string of the molecule is COc1ccccc1C(=O)N[C@@H]1CCCC[C@H]1C. The fraction of sp³-hybridized carbons (Fsp3) is 0.533. The number of methoxy groups -OCH3 is 1. The topological polar surface area (TPSA) is 38.3 Å². The van der Waals surface area contributed by atoms with Gasteiger partial charge in [0.1, 0.15) is 5.75 Å². The number of ether oxygens (including phenoxy) is 1. The van der Waals surface area contributed by atoms with Crippen molar-refractivity contribution in [2.75, 3.05) is 7.11 Å². The summed E-state index contributed by atoms with van der Waals surface area (Å²) in [5, 5.41) is 3.14. The largest absolute Gasteiger partial charge is 0.496 e. The van der Waals surface area contributed by atoms with Crippen LogP contribution in [0, 0.1) is 5.92 Å². The zero-order valence-electron chi connectivity index (χ0n) is 11.1. The van der Waals surface area contributed by atoms with Gasteiger partial charge in [0.25, 0.3) is 5.91 Å². The van der Waals surface area contributed by atoms with Crippen LogP contribution in [0.4, 0.5) is 0 Å². The smallest absolute Gasteiger partial charge is 0.255 e. The Labute approximate surface area is 109 Å². The molecule has 1 N–H and O–H groups in total. The predicted octanol–water partition coefficient (Wildman–Crippen LogP) is 3.00. The van der Waals surface area contributed by atoms with Crippen molar-refractivity contribution >= 4 is 5.91 Å². The van der Waals surface area contributed by atoms with E-state index in [1.54, 1.807) is 7.11 Å². The normalized spacial score (nSPS) is 23.4. The molecule has 3 nitrogen and oxygen atoms in total. The first kappa shape index (κ1) is 12.9. The van der Waals surface area contributed by atoms with E-state index < -0.39 is 0 Å². The van der Waals surface area contributed by atoms with Crippen LogP contribution in [-0.2, 0) is 0 Å². The molecule has 0 bridgehead atoms. The molecule has 1 aliphatic rings. The minimum Gasteiger partial charge on any atom is -0.496 e. The molecule has 0 saturated heterocycles. The van der Waals surface area contributed by atoms with Gasteiger partial charge in [0, 0.05) is 6.04 Å². The fourth-order valence-electron chi connectivity index (χ4n) is 2.61. The van der Waals surface area contributed by atoms with Gasteiger partial charge in [0.15, 0.2) is 0 Å². The van der Waals surface area contributed by atoms with Gasteiger partial charge in [-0.3, -0.25) is 4.79 Å². The maximum atomic E-state index is 12.2. The van der Waals surface area contributed by atoms with Crippen molar-refractivity contribution in [2.24, 2.45) is 5.92 Å². The van der Waals surface area contributed by atoms with Crippen molar-refractivity contribution in [3.05, 3.63) is 29.8 Å². The molecule has 1 saturated carbocycles. The first-order valence-corrected chi connectivity index (χ1v) is 6.66. The number of carbonyl (C=O) groups is 1. The molecule has 18 heavy (non-hydrogen) atoms. The molecule has 98 valence electrons. The van der Waals surface area contributed by atoms with Crippen LogP contribution >= 0.6 is 0 Å². The van der Waals surface area contributed by atoms with E-state index in [1.807, 2.05) is 24.3 Å². The van der Waals surface area contributed by atoms with Crippen LogP contribution in [0.5, 0.6) is 5.75 Å². The van der Waals surface area contributed by atoms with E-state index >= 15 is 0 Å². The van der Waals surface area contributed by atoms with E-state index in [2.05, 4.69) is 12.2 Å². The molecular formula is C15H21NO2. The number of nitrogens with one attached hydrogen (secondary N) is 1. The number of carbonyl (C=O) groups excluding carboxylic acids is 1. The zero-order chi connectivity index (χ0) is 13.0. The molecule has 0 spiro atoms. The van der Waals surface area contributed by atoms with Crippen molar-refractivity contribution in [1.82, 2.24) is 5.32 Å². The van der Waals surface area contributed by atoms with Crippen LogP contribution < -0.4 is 10.1 Å². The van der Waals surface area contributed by atoms with Crippen molar-refractivity contribution in [2.45, 2.75) is 38.6 Å². The number of rotatable bonds is 3. The van der Waals surface area contributed by atoms with Crippen molar-refractivity contribution < 1.29 is 9.53 Å². The molecule has 3 heteroatoms. The lowest BCUT2D eigenvalue weighted by Crippen LogP contribution is -2.41. The lowest BCUT2D eigenvalue weighted by molar-refractivity contribution is 0.0907. The average Bonchev–Trinajstić information content (AvgIpc) is 2.41. The molecule has 1 aliphatic carbocycles. The van der Waals surface area contributed by atoms with Gasteiger partial charge in [-0.25, -0.2) is 0 Å². The van der Waals surface area contributed by atoms with Crippen molar-refractivity contribution in [3.8, 4) is 5.75 Å². The van der Waals surface area contributed by atoms with Crippen molar-refractivity contribution in [3.63, 3.8) is 0 Å². The summed E-state index contributed by atoms with van der Waals surface area (Å²) in [6.45, 7) is 2.21. The van der Waals surface area contributed by atoms with E-state index in [-0.39, 0.29) is 5.91 Å². The van der Waals surface area contributed by atoms with Gasteiger partial charge < -0.3 is 10.1 Å². The van der Waals surface area contributed by atoms with Gasteiger partial charge in [-0.1, -0.05) is 31.9 Å². The summed E-state index contributed by atoms with van der Waals surface area (Å²) < 4.78 is 5.22. The summed E-state index contributed by atoms with van der Waals surface area (Å²) in [5.41, 5.74) is 0.623. The summed E-state index contributed by atoms with van der Waals surface area (Å²) in [4.78, 5) is 12.2. The summed E-state index contributed by atoms with van der Waals surface area (Å²) in [6.07, 6.45) is 4.78. The number of benzene rings is 1. The lowest BCUT2D eigenvalue weighted by atomic mass is 9.86. The first-order chi connectivity index (χ1) is 8.72. The molecule has 0 aromatic heterocycles. The van der Waals surface area contributed by atoms with E-state index in [1.165, 1.54) is 19.3 Å². The Morgan fingerprint density at radius 2 is 2.00 bits per heavy atom. The van der Waals surface area contributed by atoms with Gasteiger partial charge in [0.2, 0.25) is 0 Å². The summed E-state index contributed by atoms with van der Waals surface area (Å²) in [6, 6.07) is 7.66. The minimum atomic E-state index is -0.0220. The van der Waals surface area contributed by atoms with Gasteiger partial charge >= 0.3 is 0 Å². The van der Waals surface area contributed by atoms with Crippen LogP contribution in [0.15, 0.2) is 24.3 Å². The highest BCUT2D eigenvalue weighted by Gasteiger charge is 2.24. The monoisotopic (exact) mass is 247 g/mol. The molecule has 2 rings (SSSR count). The molecule has 0 aliphatic heterocycles. The van der Waals surface area contributed by atoms with Crippen LogP contribution in [0.3, 0.4) is 0 Å². The molecule has 0 heterocycles. The molecule has 1 aromatic carbocycles. The quantitative estimate of drug-likeness (QED) is 0.891. The Balaban J connectivity index is 2.07.